The molecule has 7 nitrogen and oxygen atoms in total. The van der Waals surface area contributed by atoms with Gasteiger partial charge in [0.1, 0.15) is 6.10 Å². The number of sulfone groups is 1. The lowest BCUT2D eigenvalue weighted by molar-refractivity contribution is 0.148. The maximum Gasteiger partial charge on any atom is 0.213 e. The predicted octanol–water partition coefficient (Wildman–Crippen LogP) is 3.37. The molecule has 168 valence electrons. The first kappa shape index (κ1) is 23.1. The minimum absolute atomic E-state index is 0.295. The van der Waals surface area contributed by atoms with Crippen LogP contribution in [0.5, 0.6) is 5.88 Å². The zero-order chi connectivity index (χ0) is 22.3. The number of aliphatic imine (C=N–C) groups is 1. The zero-order valence-corrected chi connectivity index (χ0v) is 19.3. The number of benzene rings is 1. The summed E-state index contributed by atoms with van der Waals surface area (Å²) in [5.74, 6) is 1.35. The molecule has 1 fully saturated rings. The third-order valence-electron chi connectivity index (χ3n) is 5.42. The average molecular weight is 445 g/mol. The Morgan fingerprint density at radius 3 is 2.35 bits per heavy atom. The van der Waals surface area contributed by atoms with Gasteiger partial charge in [-0.1, -0.05) is 24.6 Å². The number of aryl methyl sites for hydroxylation is 1. The van der Waals surface area contributed by atoms with Crippen LogP contribution in [0, 0.1) is 6.92 Å². The Morgan fingerprint density at radius 1 is 1.10 bits per heavy atom. The molecular formula is C23H32N4O3S. The van der Waals surface area contributed by atoms with Gasteiger partial charge >= 0.3 is 0 Å². The number of nitrogens with zero attached hydrogens (tertiary/aromatic N) is 2. The summed E-state index contributed by atoms with van der Waals surface area (Å²) in [6.07, 6.45) is 9.35. The molecule has 2 N–H and O–H groups in total. The fourth-order valence-electron chi connectivity index (χ4n) is 3.77. The molecule has 2 aromatic rings. The van der Waals surface area contributed by atoms with Gasteiger partial charge < -0.3 is 15.4 Å². The Hall–Kier alpha value is -2.61. The van der Waals surface area contributed by atoms with E-state index in [1.807, 2.05) is 37.4 Å². The van der Waals surface area contributed by atoms with E-state index in [1.165, 1.54) is 25.5 Å². The Labute approximate surface area is 185 Å². The summed E-state index contributed by atoms with van der Waals surface area (Å²) in [6, 6.07) is 9.29. The first-order valence-corrected chi connectivity index (χ1v) is 12.6. The summed E-state index contributed by atoms with van der Waals surface area (Å²) in [6.45, 7) is 2.93. The lowest BCUT2D eigenvalue weighted by atomic mass is 9.98. The van der Waals surface area contributed by atoms with Crippen LogP contribution in [0.1, 0.15) is 48.8 Å². The van der Waals surface area contributed by atoms with Gasteiger partial charge in [0.25, 0.3) is 0 Å². The topological polar surface area (TPSA) is 92.7 Å². The van der Waals surface area contributed by atoms with Crippen LogP contribution in [-0.4, -0.2) is 38.8 Å². The molecule has 31 heavy (non-hydrogen) atoms. The molecule has 1 aromatic carbocycles. The van der Waals surface area contributed by atoms with Gasteiger partial charge in [-0.05, 0) is 55.4 Å². The van der Waals surface area contributed by atoms with Crippen molar-refractivity contribution in [1.82, 2.24) is 15.6 Å². The Morgan fingerprint density at radius 2 is 1.77 bits per heavy atom. The van der Waals surface area contributed by atoms with Crippen LogP contribution in [0.15, 0.2) is 46.4 Å². The van der Waals surface area contributed by atoms with Gasteiger partial charge in [0, 0.05) is 38.7 Å². The maximum absolute atomic E-state index is 11.8. The Kier molecular flexibility index (Phi) is 7.90. The highest BCUT2D eigenvalue weighted by Crippen LogP contribution is 2.22. The molecule has 1 heterocycles. The number of hydrogen-bond donors (Lipinski definition) is 2. The summed E-state index contributed by atoms with van der Waals surface area (Å²) in [5, 5.41) is 6.52. The van der Waals surface area contributed by atoms with Crippen LogP contribution < -0.4 is 15.4 Å². The van der Waals surface area contributed by atoms with Gasteiger partial charge in [0.15, 0.2) is 15.8 Å². The van der Waals surface area contributed by atoms with Crippen molar-refractivity contribution in [3.05, 3.63) is 53.2 Å². The molecular weight excluding hydrogens is 412 g/mol. The van der Waals surface area contributed by atoms with Crippen LogP contribution in [0.2, 0.25) is 0 Å². The number of nitrogens with one attached hydrogen (secondary N) is 2. The Bertz CT molecular complexity index is 998. The lowest BCUT2D eigenvalue weighted by Gasteiger charge is -2.22. The second kappa shape index (κ2) is 10.6. The lowest BCUT2D eigenvalue weighted by Crippen LogP contribution is -2.36. The fraction of sp³-hybridized carbons (Fsp3) is 0.478. The summed E-state index contributed by atoms with van der Waals surface area (Å²) >= 11 is 0. The van der Waals surface area contributed by atoms with E-state index >= 15 is 0 Å². The highest BCUT2D eigenvalue weighted by molar-refractivity contribution is 7.90. The van der Waals surface area contributed by atoms with Crippen LogP contribution in [0.4, 0.5) is 0 Å². The predicted molar refractivity (Wildman–Crippen MR) is 123 cm³/mol. The maximum atomic E-state index is 11.8. The molecule has 1 aliphatic carbocycles. The molecule has 0 amide bonds. The number of guanidine groups is 1. The summed E-state index contributed by atoms with van der Waals surface area (Å²) in [7, 11) is -1.49. The summed E-state index contributed by atoms with van der Waals surface area (Å²) in [5.41, 5.74) is 2.76. The molecule has 0 spiro atoms. The smallest absolute Gasteiger partial charge is 0.213 e. The molecule has 0 atom stereocenters. The molecule has 0 aliphatic heterocycles. The molecule has 1 aliphatic rings. The van der Waals surface area contributed by atoms with E-state index in [0.29, 0.717) is 35.9 Å². The molecule has 0 saturated heterocycles. The summed E-state index contributed by atoms with van der Waals surface area (Å²) in [4.78, 5) is 9.05. The highest BCUT2D eigenvalue weighted by atomic mass is 32.2. The van der Waals surface area contributed by atoms with Gasteiger partial charge in [-0.15, -0.1) is 0 Å². The van der Waals surface area contributed by atoms with Crippen LogP contribution in [-0.2, 0) is 22.9 Å². The third-order valence-corrected chi connectivity index (χ3v) is 6.68. The molecule has 0 bridgehead atoms. The molecule has 8 heteroatoms. The monoisotopic (exact) mass is 444 g/mol. The van der Waals surface area contributed by atoms with Crippen molar-refractivity contribution in [3.8, 4) is 5.88 Å². The standard InChI is InChI=1S/C23H32N4O3S/c1-17-13-18(9-11-21(17)31(3,28)29)14-26-23(24-2)27-16-19-10-12-22(25-15-19)30-20-7-5-4-6-8-20/h9-13,15,20H,4-8,14,16H2,1-3H3,(H2,24,26,27). The Balaban J connectivity index is 1.48. The average Bonchev–Trinajstić information content (AvgIpc) is 2.75. The van der Waals surface area contributed by atoms with E-state index in [4.69, 9.17) is 4.74 Å². The van der Waals surface area contributed by atoms with Crippen LogP contribution >= 0.6 is 0 Å². The quantitative estimate of drug-likeness (QED) is 0.502. The van der Waals surface area contributed by atoms with Gasteiger partial charge in [-0.3, -0.25) is 4.99 Å². The first-order chi connectivity index (χ1) is 14.8. The van der Waals surface area contributed by atoms with Crippen molar-refractivity contribution < 1.29 is 13.2 Å². The van der Waals surface area contributed by atoms with Crippen molar-refractivity contribution in [2.24, 2.45) is 4.99 Å². The van der Waals surface area contributed by atoms with E-state index in [9.17, 15) is 8.42 Å². The van der Waals surface area contributed by atoms with E-state index in [-0.39, 0.29) is 0 Å². The van der Waals surface area contributed by atoms with Gasteiger partial charge in [0.2, 0.25) is 5.88 Å². The van der Waals surface area contributed by atoms with Crippen LogP contribution in [0.25, 0.3) is 0 Å². The van der Waals surface area contributed by atoms with Gasteiger partial charge in [-0.25, -0.2) is 13.4 Å². The normalized spacial score (nSPS) is 15.5. The summed E-state index contributed by atoms with van der Waals surface area (Å²) < 4.78 is 29.5. The number of pyridine rings is 1. The number of aromatic nitrogens is 1. The molecule has 0 unspecified atom stereocenters. The highest BCUT2D eigenvalue weighted by Gasteiger charge is 2.15. The van der Waals surface area contributed by atoms with E-state index in [0.717, 1.165) is 29.5 Å². The number of rotatable bonds is 7. The SMILES string of the molecule is CN=C(NCc1ccc(OC2CCCCC2)nc1)NCc1ccc(S(C)(=O)=O)c(C)c1. The van der Waals surface area contributed by atoms with Crippen LogP contribution in [0.3, 0.4) is 0 Å². The van der Waals surface area contributed by atoms with E-state index in [2.05, 4.69) is 20.6 Å². The van der Waals surface area contributed by atoms with Gasteiger partial charge in [0.05, 0.1) is 4.90 Å². The third kappa shape index (κ3) is 6.95. The van der Waals surface area contributed by atoms with Crippen molar-refractivity contribution in [1.29, 1.82) is 0 Å². The van der Waals surface area contributed by atoms with Gasteiger partial charge in [-0.2, -0.15) is 0 Å². The van der Waals surface area contributed by atoms with Crippen molar-refractivity contribution >= 4 is 15.8 Å². The minimum Gasteiger partial charge on any atom is -0.474 e. The van der Waals surface area contributed by atoms with Crippen molar-refractivity contribution in [2.45, 2.75) is 63.1 Å². The second-order valence-electron chi connectivity index (χ2n) is 8.03. The van der Waals surface area contributed by atoms with E-state index in [1.54, 1.807) is 13.1 Å². The number of ether oxygens (including phenoxy) is 1. The molecule has 1 saturated carbocycles. The minimum atomic E-state index is -3.21. The van der Waals surface area contributed by atoms with Crippen molar-refractivity contribution in [3.63, 3.8) is 0 Å². The second-order valence-corrected chi connectivity index (χ2v) is 10.0. The van der Waals surface area contributed by atoms with Crippen molar-refractivity contribution in [2.75, 3.05) is 13.3 Å². The molecule has 1 aromatic heterocycles. The van der Waals surface area contributed by atoms with E-state index < -0.39 is 9.84 Å². The fourth-order valence-corrected chi connectivity index (χ4v) is 4.73. The first-order valence-electron chi connectivity index (χ1n) is 10.7. The zero-order valence-electron chi connectivity index (χ0n) is 18.5. The largest absolute Gasteiger partial charge is 0.474 e. The molecule has 3 rings (SSSR count). The molecule has 0 radical (unpaired) electrons. The number of hydrogen-bond acceptors (Lipinski definition) is 5.